The summed E-state index contributed by atoms with van der Waals surface area (Å²) in [5.41, 5.74) is 11.4. The second-order valence-electron chi connectivity index (χ2n) is 7.41. The molecule has 164 valence electrons. The molecular weight excluding hydrogens is 428 g/mol. The van der Waals surface area contributed by atoms with Gasteiger partial charge in [0.2, 0.25) is 0 Å². The van der Waals surface area contributed by atoms with Gasteiger partial charge in [0, 0.05) is 10.6 Å². The summed E-state index contributed by atoms with van der Waals surface area (Å²) in [6.45, 7) is 0.419. The van der Waals surface area contributed by atoms with Crippen LogP contribution in [0.15, 0.2) is 77.9 Å². The molecule has 1 aliphatic heterocycles. The van der Waals surface area contributed by atoms with E-state index in [1.807, 2.05) is 48.5 Å². The zero-order valence-corrected chi connectivity index (χ0v) is 17.9. The maximum atomic E-state index is 12.5. The summed E-state index contributed by atoms with van der Waals surface area (Å²) in [5.74, 6) is 0.641. The number of hydrogen-bond donors (Lipinski definition) is 4. The van der Waals surface area contributed by atoms with E-state index in [0.717, 1.165) is 16.9 Å². The normalized spacial score (nSPS) is 18.0. The Bertz CT molecular complexity index is 1100. The summed E-state index contributed by atoms with van der Waals surface area (Å²) in [4.78, 5) is 12.5. The number of amides is 1. The van der Waals surface area contributed by atoms with E-state index in [1.54, 1.807) is 24.3 Å². The third kappa shape index (κ3) is 5.64. The van der Waals surface area contributed by atoms with Crippen molar-refractivity contribution in [1.82, 2.24) is 16.3 Å². The Morgan fingerprint density at radius 3 is 2.75 bits per heavy atom. The van der Waals surface area contributed by atoms with E-state index in [1.165, 1.54) is 6.21 Å². The molecule has 1 fully saturated rings. The minimum Gasteiger partial charge on any atom is -0.508 e. The maximum absolute atomic E-state index is 12.5. The summed E-state index contributed by atoms with van der Waals surface area (Å²) >= 11 is 5.94. The number of rotatable bonds is 7. The first-order valence-electron chi connectivity index (χ1n) is 10.2. The molecule has 3 aromatic rings. The monoisotopic (exact) mass is 450 g/mol. The van der Waals surface area contributed by atoms with E-state index in [4.69, 9.17) is 16.3 Å². The molecule has 8 heteroatoms. The standard InChI is InChI=1S/C24H23ClN4O3/c25-18-10-8-16(9-11-18)15-32-23-7-2-1-6-20(23)21-13-22(28-27-21)24(31)29-26-14-17-4-3-5-19(30)12-17/h1-12,14,21-22,27-28,30H,13,15H2,(H,29,31)/b26-14-. The van der Waals surface area contributed by atoms with Gasteiger partial charge in [-0.15, -0.1) is 0 Å². The molecule has 2 unspecified atom stereocenters. The van der Waals surface area contributed by atoms with Crippen molar-refractivity contribution in [2.75, 3.05) is 0 Å². The molecule has 32 heavy (non-hydrogen) atoms. The Morgan fingerprint density at radius 1 is 1.12 bits per heavy atom. The number of carbonyl (C=O) groups is 1. The van der Waals surface area contributed by atoms with E-state index in [-0.39, 0.29) is 17.7 Å². The highest BCUT2D eigenvalue weighted by molar-refractivity contribution is 6.30. The predicted octanol–water partition coefficient (Wildman–Crippen LogP) is 3.68. The van der Waals surface area contributed by atoms with Gasteiger partial charge in [0.1, 0.15) is 24.1 Å². The molecule has 0 radical (unpaired) electrons. The lowest BCUT2D eigenvalue weighted by atomic mass is 10.0. The molecule has 0 spiro atoms. The zero-order valence-electron chi connectivity index (χ0n) is 17.2. The van der Waals surface area contributed by atoms with Gasteiger partial charge < -0.3 is 9.84 Å². The molecule has 4 rings (SSSR count). The summed E-state index contributed by atoms with van der Waals surface area (Å²) in [7, 11) is 0. The van der Waals surface area contributed by atoms with Crippen LogP contribution in [0.2, 0.25) is 5.02 Å². The van der Waals surface area contributed by atoms with Crippen LogP contribution in [-0.2, 0) is 11.4 Å². The minimum absolute atomic E-state index is 0.0952. The summed E-state index contributed by atoms with van der Waals surface area (Å²) in [6, 6.07) is 21.4. The van der Waals surface area contributed by atoms with Gasteiger partial charge in [0.05, 0.1) is 12.3 Å². The van der Waals surface area contributed by atoms with Crippen LogP contribution in [-0.4, -0.2) is 23.3 Å². The number of nitrogens with one attached hydrogen (secondary N) is 3. The SMILES string of the molecule is O=C(N/N=C\c1cccc(O)c1)C1CC(c2ccccc2OCc2ccc(Cl)cc2)NN1. The van der Waals surface area contributed by atoms with Crippen LogP contribution in [0.1, 0.15) is 29.2 Å². The largest absolute Gasteiger partial charge is 0.508 e. The molecule has 2 atom stereocenters. The van der Waals surface area contributed by atoms with Crippen LogP contribution < -0.4 is 21.0 Å². The molecule has 1 aliphatic rings. The van der Waals surface area contributed by atoms with E-state index < -0.39 is 6.04 Å². The molecular formula is C24H23ClN4O3. The highest BCUT2D eigenvalue weighted by Gasteiger charge is 2.31. The van der Waals surface area contributed by atoms with Crippen molar-refractivity contribution < 1.29 is 14.6 Å². The van der Waals surface area contributed by atoms with Crippen molar-refractivity contribution in [3.8, 4) is 11.5 Å². The lowest BCUT2D eigenvalue weighted by Crippen LogP contribution is -2.41. The Morgan fingerprint density at radius 2 is 1.94 bits per heavy atom. The van der Waals surface area contributed by atoms with Gasteiger partial charge >= 0.3 is 0 Å². The number of nitrogens with zero attached hydrogens (tertiary/aromatic N) is 1. The summed E-state index contributed by atoms with van der Waals surface area (Å²) < 4.78 is 6.04. The van der Waals surface area contributed by atoms with Gasteiger partial charge in [0.25, 0.3) is 5.91 Å². The second kappa shape index (κ2) is 10.3. The van der Waals surface area contributed by atoms with E-state index in [0.29, 0.717) is 23.6 Å². The summed E-state index contributed by atoms with van der Waals surface area (Å²) in [5, 5.41) is 14.1. The van der Waals surface area contributed by atoms with Crippen LogP contribution in [0, 0.1) is 0 Å². The fraction of sp³-hybridized carbons (Fsp3) is 0.167. The van der Waals surface area contributed by atoms with Crippen molar-refractivity contribution in [2.45, 2.75) is 25.1 Å². The first kappa shape index (κ1) is 21.8. The molecule has 3 aromatic carbocycles. The van der Waals surface area contributed by atoms with Crippen LogP contribution >= 0.6 is 11.6 Å². The van der Waals surface area contributed by atoms with Gasteiger partial charge in [-0.2, -0.15) is 5.10 Å². The van der Waals surface area contributed by atoms with E-state index in [2.05, 4.69) is 21.4 Å². The highest BCUT2D eigenvalue weighted by atomic mass is 35.5. The number of hydrazine groups is 1. The number of phenols is 1. The summed E-state index contributed by atoms with van der Waals surface area (Å²) in [6.07, 6.45) is 2.02. The van der Waals surface area contributed by atoms with Crippen molar-refractivity contribution in [2.24, 2.45) is 5.10 Å². The maximum Gasteiger partial charge on any atom is 0.258 e. The van der Waals surface area contributed by atoms with Crippen LogP contribution in [0.5, 0.6) is 11.5 Å². The highest BCUT2D eigenvalue weighted by Crippen LogP contribution is 2.30. The van der Waals surface area contributed by atoms with Gasteiger partial charge in [-0.25, -0.2) is 16.3 Å². The number of hydrogen-bond acceptors (Lipinski definition) is 6. The Balaban J connectivity index is 1.34. The van der Waals surface area contributed by atoms with Gasteiger partial charge in [-0.1, -0.05) is 54.1 Å². The number of ether oxygens (including phenoxy) is 1. The first-order chi connectivity index (χ1) is 15.6. The fourth-order valence-corrected chi connectivity index (χ4v) is 3.55. The van der Waals surface area contributed by atoms with Crippen LogP contribution in [0.25, 0.3) is 0 Å². The smallest absolute Gasteiger partial charge is 0.258 e. The Kier molecular flexibility index (Phi) is 7.01. The third-order valence-electron chi connectivity index (χ3n) is 5.08. The molecule has 0 bridgehead atoms. The number of para-hydroxylation sites is 1. The lowest BCUT2D eigenvalue weighted by molar-refractivity contribution is -0.122. The Hall–Kier alpha value is -3.39. The van der Waals surface area contributed by atoms with E-state index in [9.17, 15) is 9.90 Å². The average molecular weight is 451 g/mol. The quantitative estimate of drug-likeness (QED) is 0.325. The number of aromatic hydroxyl groups is 1. The van der Waals surface area contributed by atoms with Crippen LogP contribution in [0.3, 0.4) is 0 Å². The van der Waals surface area contributed by atoms with E-state index >= 15 is 0 Å². The van der Waals surface area contributed by atoms with Gasteiger partial charge in [-0.05, 0) is 47.9 Å². The molecule has 4 N–H and O–H groups in total. The van der Waals surface area contributed by atoms with Gasteiger partial charge in [0.15, 0.2) is 0 Å². The number of benzene rings is 3. The lowest BCUT2D eigenvalue weighted by Gasteiger charge is -2.16. The molecule has 0 aromatic heterocycles. The molecule has 1 heterocycles. The topological polar surface area (TPSA) is 95.0 Å². The van der Waals surface area contributed by atoms with Crippen molar-refractivity contribution in [1.29, 1.82) is 0 Å². The second-order valence-corrected chi connectivity index (χ2v) is 7.85. The fourth-order valence-electron chi connectivity index (χ4n) is 3.43. The molecule has 0 saturated carbocycles. The van der Waals surface area contributed by atoms with Gasteiger partial charge in [-0.3, -0.25) is 4.79 Å². The van der Waals surface area contributed by atoms with Crippen molar-refractivity contribution in [3.63, 3.8) is 0 Å². The molecule has 1 amide bonds. The van der Waals surface area contributed by atoms with Crippen LogP contribution in [0.4, 0.5) is 0 Å². The predicted molar refractivity (Wildman–Crippen MR) is 123 cm³/mol. The third-order valence-corrected chi connectivity index (χ3v) is 5.33. The number of phenolic OH excluding ortho intramolecular Hbond substituents is 1. The van der Waals surface area contributed by atoms with Crippen molar-refractivity contribution in [3.05, 3.63) is 94.5 Å². The zero-order chi connectivity index (χ0) is 22.3. The molecule has 1 saturated heterocycles. The molecule has 7 nitrogen and oxygen atoms in total. The number of halogens is 1. The Labute approximate surface area is 191 Å². The molecule has 0 aliphatic carbocycles. The first-order valence-corrected chi connectivity index (χ1v) is 10.6. The van der Waals surface area contributed by atoms with Crippen molar-refractivity contribution >= 4 is 23.7 Å². The minimum atomic E-state index is -0.453. The number of carbonyl (C=O) groups excluding carboxylic acids is 1. The average Bonchev–Trinajstić information content (AvgIpc) is 3.29. The number of hydrazone groups is 1.